The molecule has 0 aliphatic carbocycles. The van der Waals surface area contributed by atoms with Crippen LogP contribution in [0.5, 0.6) is 0 Å². The molecule has 1 heterocycles. The Morgan fingerprint density at radius 2 is 1.79 bits per heavy atom. The van der Waals surface area contributed by atoms with Gasteiger partial charge in [0.25, 0.3) is 0 Å². The van der Waals surface area contributed by atoms with Gasteiger partial charge in [0.15, 0.2) is 5.13 Å². The second kappa shape index (κ2) is 9.14. The van der Waals surface area contributed by atoms with Crippen LogP contribution in [-0.2, 0) is 17.6 Å². The van der Waals surface area contributed by atoms with Gasteiger partial charge in [-0.25, -0.2) is 9.78 Å². The lowest BCUT2D eigenvalue weighted by molar-refractivity contribution is -0.115. The molecule has 144 valence electrons. The highest BCUT2D eigenvalue weighted by Gasteiger charge is 2.10. The number of thiazole rings is 1. The molecule has 0 bridgehead atoms. The summed E-state index contributed by atoms with van der Waals surface area (Å²) in [4.78, 5) is 28.6. The van der Waals surface area contributed by atoms with E-state index in [1.165, 1.54) is 16.9 Å². The number of nitrogens with zero attached hydrogens (tertiary/aromatic N) is 1. The first-order valence-electron chi connectivity index (χ1n) is 8.99. The van der Waals surface area contributed by atoms with Crippen molar-refractivity contribution in [2.24, 2.45) is 0 Å². The summed E-state index contributed by atoms with van der Waals surface area (Å²) in [6.45, 7) is 4.04. The summed E-state index contributed by atoms with van der Waals surface area (Å²) >= 11 is 1.28. The number of aromatic nitrogens is 1. The molecule has 3 rings (SSSR count). The zero-order chi connectivity index (χ0) is 19.9. The highest BCUT2D eigenvalue weighted by atomic mass is 32.1. The van der Waals surface area contributed by atoms with Gasteiger partial charge in [-0.15, -0.1) is 11.3 Å². The van der Waals surface area contributed by atoms with E-state index in [1.807, 2.05) is 55.5 Å². The third-order valence-corrected chi connectivity index (χ3v) is 4.84. The summed E-state index contributed by atoms with van der Waals surface area (Å²) in [6.07, 6.45) is 1.10. The molecule has 6 nitrogen and oxygen atoms in total. The van der Waals surface area contributed by atoms with E-state index in [0.29, 0.717) is 16.5 Å². The molecule has 3 N–H and O–H groups in total. The zero-order valence-corrected chi connectivity index (χ0v) is 16.6. The number of carbonyl (C=O) groups is 2. The van der Waals surface area contributed by atoms with Gasteiger partial charge in [-0.05, 0) is 48.7 Å². The lowest BCUT2D eigenvalue weighted by atomic mass is 10.1. The van der Waals surface area contributed by atoms with Gasteiger partial charge >= 0.3 is 6.03 Å². The van der Waals surface area contributed by atoms with E-state index in [4.69, 9.17) is 0 Å². The second-order valence-corrected chi connectivity index (χ2v) is 7.23. The van der Waals surface area contributed by atoms with Gasteiger partial charge in [0.05, 0.1) is 12.1 Å². The third kappa shape index (κ3) is 5.65. The number of anilines is 3. The van der Waals surface area contributed by atoms with Crippen LogP contribution in [0.3, 0.4) is 0 Å². The fourth-order valence-electron chi connectivity index (χ4n) is 2.62. The number of urea groups is 1. The maximum atomic E-state index is 12.2. The minimum atomic E-state index is -0.369. The average Bonchev–Trinajstić information content (AvgIpc) is 3.08. The first kappa shape index (κ1) is 19.6. The Hall–Kier alpha value is -3.19. The fourth-order valence-corrected chi connectivity index (χ4v) is 3.33. The van der Waals surface area contributed by atoms with Crippen molar-refractivity contribution in [2.75, 3.05) is 16.0 Å². The number of benzene rings is 2. The van der Waals surface area contributed by atoms with E-state index >= 15 is 0 Å². The molecule has 0 saturated heterocycles. The molecule has 0 spiro atoms. The quantitative estimate of drug-likeness (QED) is 0.559. The van der Waals surface area contributed by atoms with Crippen LogP contribution in [-0.4, -0.2) is 16.9 Å². The van der Waals surface area contributed by atoms with E-state index in [-0.39, 0.29) is 18.4 Å². The van der Waals surface area contributed by atoms with Crippen LogP contribution < -0.4 is 16.0 Å². The predicted molar refractivity (Wildman–Crippen MR) is 114 cm³/mol. The molecule has 3 aromatic rings. The lowest BCUT2D eigenvalue weighted by Crippen LogP contribution is -2.19. The molecular weight excluding hydrogens is 372 g/mol. The molecule has 0 fully saturated rings. The summed E-state index contributed by atoms with van der Waals surface area (Å²) in [5.41, 5.74) is 4.36. The number of carbonyl (C=O) groups excluding carboxylic acids is 2. The van der Waals surface area contributed by atoms with Gasteiger partial charge in [-0.1, -0.05) is 31.2 Å². The number of rotatable bonds is 6. The van der Waals surface area contributed by atoms with Crippen molar-refractivity contribution in [2.45, 2.75) is 26.7 Å². The highest BCUT2D eigenvalue weighted by molar-refractivity contribution is 7.14. The monoisotopic (exact) mass is 394 g/mol. The number of hydrogen-bond acceptors (Lipinski definition) is 4. The Balaban J connectivity index is 1.51. The Morgan fingerprint density at radius 1 is 1.00 bits per heavy atom. The molecule has 2 aromatic carbocycles. The predicted octanol–water partition coefficient (Wildman–Crippen LogP) is 4.84. The van der Waals surface area contributed by atoms with Gasteiger partial charge in [-0.2, -0.15) is 0 Å². The molecule has 0 unspecified atom stereocenters. The molecule has 0 aliphatic rings. The minimum absolute atomic E-state index is 0.146. The number of nitrogens with one attached hydrogen (secondary N) is 3. The maximum Gasteiger partial charge on any atom is 0.325 e. The third-order valence-electron chi connectivity index (χ3n) is 4.04. The topological polar surface area (TPSA) is 83.1 Å². The largest absolute Gasteiger partial charge is 0.326 e. The standard InChI is InChI=1S/C21H22N4O2S/c1-3-15-7-9-16(10-8-15)22-19(26)12-18-13-28-21(24-18)25-20(27)23-17-6-4-5-14(2)11-17/h4-11,13H,3,12H2,1-2H3,(H,22,26)(H2,23,24,25,27). The van der Waals surface area contributed by atoms with Gasteiger partial charge in [-0.3, -0.25) is 10.1 Å². The summed E-state index contributed by atoms with van der Waals surface area (Å²) in [6, 6.07) is 14.9. The molecule has 1 aromatic heterocycles. The van der Waals surface area contributed by atoms with Crippen LogP contribution in [0.2, 0.25) is 0 Å². The van der Waals surface area contributed by atoms with Crippen molar-refractivity contribution in [1.29, 1.82) is 0 Å². The molecule has 28 heavy (non-hydrogen) atoms. The van der Waals surface area contributed by atoms with Crippen LogP contribution in [0.1, 0.15) is 23.7 Å². The van der Waals surface area contributed by atoms with Crippen molar-refractivity contribution in [3.8, 4) is 0 Å². The van der Waals surface area contributed by atoms with Gasteiger partial charge in [0.1, 0.15) is 0 Å². The SMILES string of the molecule is CCc1ccc(NC(=O)Cc2csc(NC(=O)Nc3cccc(C)c3)n2)cc1. The van der Waals surface area contributed by atoms with Crippen LogP contribution in [0, 0.1) is 6.92 Å². The smallest absolute Gasteiger partial charge is 0.325 e. The van der Waals surface area contributed by atoms with Crippen LogP contribution in [0.4, 0.5) is 21.3 Å². The second-order valence-electron chi connectivity index (χ2n) is 6.37. The molecule has 0 atom stereocenters. The fraction of sp³-hybridized carbons (Fsp3) is 0.190. The normalized spacial score (nSPS) is 10.4. The number of aryl methyl sites for hydroxylation is 2. The molecule has 7 heteroatoms. The Morgan fingerprint density at radius 3 is 2.50 bits per heavy atom. The lowest BCUT2D eigenvalue weighted by Gasteiger charge is -2.06. The summed E-state index contributed by atoms with van der Waals surface area (Å²) in [7, 11) is 0. The van der Waals surface area contributed by atoms with Crippen molar-refractivity contribution < 1.29 is 9.59 Å². The maximum absolute atomic E-state index is 12.2. The van der Waals surface area contributed by atoms with Gasteiger partial charge in [0, 0.05) is 16.8 Å². The summed E-state index contributed by atoms with van der Waals surface area (Å²) in [5, 5.41) is 10.5. The molecular formula is C21H22N4O2S. The number of amides is 3. The summed E-state index contributed by atoms with van der Waals surface area (Å²) < 4.78 is 0. The first-order valence-corrected chi connectivity index (χ1v) is 9.87. The van der Waals surface area contributed by atoms with Crippen molar-refractivity contribution in [3.63, 3.8) is 0 Å². The van der Waals surface area contributed by atoms with Crippen LogP contribution in [0.15, 0.2) is 53.9 Å². The van der Waals surface area contributed by atoms with Gasteiger partial charge < -0.3 is 10.6 Å². The number of hydrogen-bond donors (Lipinski definition) is 3. The molecule has 0 radical (unpaired) electrons. The Labute approximate surface area is 168 Å². The van der Waals surface area contributed by atoms with Crippen molar-refractivity contribution >= 4 is 39.8 Å². The van der Waals surface area contributed by atoms with Crippen LogP contribution in [0.25, 0.3) is 0 Å². The van der Waals surface area contributed by atoms with Crippen molar-refractivity contribution in [3.05, 3.63) is 70.7 Å². The van der Waals surface area contributed by atoms with E-state index < -0.39 is 0 Å². The summed E-state index contributed by atoms with van der Waals surface area (Å²) in [5.74, 6) is -0.148. The van der Waals surface area contributed by atoms with E-state index in [0.717, 1.165) is 17.7 Å². The van der Waals surface area contributed by atoms with Gasteiger partial charge in [0.2, 0.25) is 5.91 Å². The Bertz CT molecular complexity index is 967. The average molecular weight is 395 g/mol. The van der Waals surface area contributed by atoms with E-state index in [2.05, 4.69) is 27.9 Å². The van der Waals surface area contributed by atoms with Crippen LogP contribution >= 0.6 is 11.3 Å². The molecule has 0 aliphatic heterocycles. The molecule has 0 saturated carbocycles. The van der Waals surface area contributed by atoms with E-state index in [1.54, 1.807) is 5.38 Å². The highest BCUT2D eigenvalue weighted by Crippen LogP contribution is 2.18. The Kier molecular flexibility index (Phi) is 6.39. The first-order chi connectivity index (χ1) is 13.5. The van der Waals surface area contributed by atoms with E-state index in [9.17, 15) is 9.59 Å². The zero-order valence-electron chi connectivity index (χ0n) is 15.8. The minimum Gasteiger partial charge on any atom is -0.326 e. The molecule has 3 amide bonds. The van der Waals surface area contributed by atoms with Crippen molar-refractivity contribution in [1.82, 2.24) is 4.98 Å².